The van der Waals surface area contributed by atoms with Gasteiger partial charge in [-0.25, -0.2) is 4.57 Å². The summed E-state index contributed by atoms with van der Waals surface area (Å²) < 4.78 is 33.0. The van der Waals surface area contributed by atoms with Crippen molar-refractivity contribution in [2.75, 3.05) is 26.4 Å². The van der Waals surface area contributed by atoms with Crippen LogP contribution in [0.1, 0.15) is 155 Å². The van der Waals surface area contributed by atoms with Gasteiger partial charge in [-0.2, -0.15) is 0 Å². The van der Waals surface area contributed by atoms with Crippen molar-refractivity contribution in [2.45, 2.75) is 167 Å². The molecule has 0 heterocycles. The van der Waals surface area contributed by atoms with Gasteiger partial charge >= 0.3 is 13.8 Å². The second-order valence-electron chi connectivity index (χ2n) is 13.7. The van der Waals surface area contributed by atoms with Gasteiger partial charge in [0.25, 0.3) is 0 Å². The van der Waals surface area contributed by atoms with Gasteiger partial charge in [0, 0.05) is 13.0 Å². The number of unbranched alkanes of at least 4 members (excludes halogenated alkanes) is 14. The number of esters is 1. The van der Waals surface area contributed by atoms with Crippen molar-refractivity contribution in [1.82, 2.24) is 0 Å². The van der Waals surface area contributed by atoms with Gasteiger partial charge in [-0.1, -0.05) is 170 Å². The number of allylic oxidation sites excluding steroid dienone is 12. The van der Waals surface area contributed by atoms with E-state index < -0.39 is 32.6 Å². The van der Waals surface area contributed by atoms with Crippen LogP contribution in [0.15, 0.2) is 85.3 Å². The number of hydrogen-bond acceptors (Lipinski definition) is 8. The first-order chi connectivity index (χ1) is 26.8. The van der Waals surface area contributed by atoms with Crippen LogP contribution < -0.4 is 5.73 Å². The third-order valence-electron chi connectivity index (χ3n) is 8.51. The third kappa shape index (κ3) is 40.9. The Labute approximate surface area is 335 Å². The molecule has 0 aliphatic heterocycles. The molecule has 316 valence electrons. The van der Waals surface area contributed by atoms with E-state index in [1.54, 1.807) is 18.4 Å². The van der Waals surface area contributed by atoms with Crippen molar-refractivity contribution in [3.63, 3.8) is 0 Å². The first-order valence-electron chi connectivity index (χ1n) is 21.2. The smallest absolute Gasteiger partial charge is 0.472 e. The van der Waals surface area contributed by atoms with E-state index in [0.29, 0.717) is 0 Å². The monoisotopic (exact) mass is 792 g/mol. The molecule has 0 fully saturated rings. The summed E-state index contributed by atoms with van der Waals surface area (Å²) in [7, 11) is -4.36. The largest absolute Gasteiger partial charge is 0.498 e. The fraction of sp³-hybridized carbons (Fsp3) is 0.667. The maximum atomic E-state index is 12.6. The number of hydrogen-bond donors (Lipinski definition) is 3. The number of phosphoric ester groups is 1. The lowest BCUT2D eigenvalue weighted by Crippen LogP contribution is -2.28. The number of aliphatic hydroxyl groups is 1. The standard InChI is InChI=1S/C45H78NO8P/c1-3-5-7-9-11-13-15-17-19-21-23-25-27-29-31-33-35-43(47)36-37-45(48)54-44(42-53-55(49,50)52-40-38-46)41-51-39-34-32-30-28-26-24-22-20-18-16-14-12-10-8-6-4-2/h5,7,11,13,17,19,23,25,29,31,33-35,39,43-44,47H,3-4,6,8-10,12,14-16,18,20-22,24,26-28,30,32,36-38,40-42,46H2,1-2H3,(H,49,50)/b7-5-,13-11-,19-17-,25-23-,31-29-,35-33-,39-34+/t43?,44-/m1/s1. The summed E-state index contributed by atoms with van der Waals surface area (Å²) in [4.78, 5) is 22.4. The van der Waals surface area contributed by atoms with E-state index in [4.69, 9.17) is 24.3 Å². The van der Waals surface area contributed by atoms with E-state index >= 15 is 0 Å². The highest BCUT2D eigenvalue weighted by Gasteiger charge is 2.25. The predicted octanol–water partition coefficient (Wildman–Crippen LogP) is 11.8. The molecular weight excluding hydrogens is 713 g/mol. The summed E-state index contributed by atoms with van der Waals surface area (Å²) >= 11 is 0. The minimum absolute atomic E-state index is 0.0525. The summed E-state index contributed by atoms with van der Waals surface area (Å²) in [5.74, 6) is -0.582. The lowest BCUT2D eigenvalue weighted by atomic mass is 10.0. The molecule has 0 saturated carbocycles. The summed E-state index contributed by atoms with van der Waals surface area (Å²) in [6.45, 7) is 3.83. The van der Waals surface area contributed by atoms with Crippen LogP contribution in [0.3, 0.4) is 0 Å². The Morgan fingerprint density at radius 3 is 1.75 bits per heavy atom. The van der Waals surface area contributed by atoms with Gasteiger partial charge in [0.15, 0.2) is 6.10 Å². The zero-order valence-electron chi connectivity index (χ0n) is 34.5. The van der Waals surface area contributed by atoms with Gasteiger partial charge in [-0.05, 0) is 57.4 Å². The van der Waals surface area contributed by atoms with Crippen molar-refractivity contribution < 1.29 is 37.9 Å². The van der Waals surface area contributed by atoms with Crippen molar-refractivity contribution in [1.29, 1.82) is 0 Å². The van der Waals surface area contributed by atoms with Gasteiger partial charge in [-0.15, -0.1) is 0 Å². The Balaban J connectivity index is 4.36. The maximum Gasteiger partial charge on any atom is 0.472 e. The second kappa shape index (κ2) is 41.1. The SMILES string of the molecule is CC/C=C\C/C=C\C/C=C\C/C=C\C/C=C\C=C/C(O)CCC(=O)O[C@H](CO/C=C/CCCCCCCCCCCCCCCC)COP(=O)(O)OCCN. The van der Waals surface area contributed by atoms with Gasteiger partial charge in [-0.3, -0.25) is 13.8 Å². The Morgan fingerprint density at radius 2 is 1.20 bits per heavy atom. The highest BCUT2D eigenvalue weighted by molar-refractivity contribution is 7.47. The number of phosphoric acid groups is 1. The average molecular weight is 792 g/mol. The van der Waals surface area contributed by atoms with Crippen molar-refractivity contribution in [3.8, 4) is 0 Å². The molecule has 0 amide bonds. The number of ether oxygens (including phenoxy) is 2. The molecule has 0 saturated heterocycles. The van der Waals surface area contributed by atoms with Crippen LogP contribution >= 0.6 is 7.82 Å². The fourth-order valence-corrected chi connectivity index (χ4v) is 6.13. The van der Waals surface area contributed by atoms with Crippen LogP contribution in [0.5, 0.6) is 0 Å². The molecule has 4 N–H and O–H groups in total. The Bertz CT molecular complexity index is 1130. The summed E-state index contributed by atoms with van der Waals surface area (Å²) in [6.07, 6.45) is 50.2. The molecule has 0 aromatic heterocycles. The van der Waals surface area contributed by atoms with Crippen LogP contribution in [0, 0.1) is 0 Å². The van der Waals surface area contributed by atoms with Crippen molar-refractivity contribution >= 4 is 13.8 Å². The fourth-order valence-electron chi connectivity index (χ4n) is 5.37. The van der Waals surface area contributed by atoms with Gasteiger partial charge in [0.2, 0.25) is 0 Å². The molecule has 9 nitrogen and oxygen atoms in total. The minimum Gasteiger partial charge on any atom is -0.498 e. The van der Waals surface area contributed by atoms with E-state index in [0.717, 1.165) is 44.9 Å². The summed E-state index contributed by atoms with van der Waals surface area (Å²) in [5.41, 5.74) is 5.35. The maximum absolute atomic E-state index is 12.6. The lowest BCUT2D eigenvalue weighted by molar-refractivity contribution is -0.153. The molecule has 0 aliphatic rings. The van der Waals surface area contributed by atoms with Crippen LogP contribution in [-0.4, -0.2) is 54.5 Å². The number of aliphatic hydroxyl groups excluding tert-OH is 1. The van der Waals surface area contributed by atoms with Crippen LogP contribution in [0.25, 0.3) is 0 Å². The predicted molar refractivity (Wildman–Crippen MR) is 230 cm³/mol. The number of rotatable bonds is 39. The van der Waals surface area contributed by atoms with E-state index in [2.05, 4.69) is 62.5 Å². The third-order valence-corrected chi connectivity index (χ3v) is 9.49. The first-order valence-corrected chi connectivity index (χ1v) is 22.7. The lowest BCUT2D eigenvalue weighted by Gasteiger charge is -2.19. The van der Waals surface area contributed by atoms with Gasteiger partial charge in [0.1, 0.15) is 6.61 Å². The van der Waals surface area contributed by atoms with E-state index in [1.165, 1.54) is 83.5 Å². The number of carbonyl (C=O) groups is 1. The molecule has 3 atom stereocenters. The van der Waals surface area contributed by atoms with Crippen LogP contribution in [-0.2, 0) is 27.9 Å². The molecule has 0 aliphatic carbocycles. The van der Waals surface area contributed by atoms with Gasteiger partial charge < -0.3 is 25.2 Å². The number of nitrogens with two attached hydrogens (primary N) is 1. The van der Waals surface area contributed by atoms with Crippen LogP contribution in [0.4, 0.5) is 0 Å². The molecular formula is C45H78NO8P. The number of carbonyl (C=O) groups excluding carboxylic acids is 1. The Kier molecular flexibility index (Phi) is 39.2. The van der Waals surface area contributed by atoms with Crippen molar-refractivity contribution in [3.05, 3.63) is 85.3 Å². The molecule has 0 bridgehead atoms. The molecule has 55 heavy (non-hydrogen) atoms. The zero-order valence-corrected chi connectivity index (χ0v) is 35.4. The summed E-state index contributed by atoms with van der Waals surface area (Å²) in [5, 5.41) is 10.3. The molecule has 2 unspecified atom stereocenters. The molecule has 10 heteroatoms. The highest BCUT2D eigenvalue weighted by atomic mass is 31.2. The van der Waals surface area contributed by atoms with E-state index in [9.17, 15) is 19.4 Å². The second-order valence-corrected chi connectivity index (χ2v) is 15.2. The van der Waals surface area contributed by atoms with Gasteiger partial charge in [0.05, 0.1) is 25.6 Å². The van der Waals surface area contributed by atoms with Crippen LogP contribution in [0.2, 0.25) is 0 Å². The Hall–Kier alpha value is -2.52. The average Bonchev–Trinajstić information content (AvgIpc) is 3.17. The normalized spacial score (nSPS) is 14.9. The molecule has 0 aromatic carbocycles. The minimum atomic E-state index is -4.36. The molecule has 0 radical (unpaired) electrons. The highest BCUT2D eigenvalue weighted by Crippen LogP contribution is 2.43. The Morgan fingerprint density at radius 1 is 0.673 bits per heavy atom. The first kappa shape index (κ1) is 52.5. The molecule has 0 rings (SSSR count). The summed E-state index contributed by atoms with van der Waals surface area (Å²) in [6, 6.07) is 0. The van der Waals surface area contributed by atoms with E-state index in [1.807, 2.05) is 18.2 Å². The topological polar surface area (TPSA) is 138 Å². The quantitative estimate of drug-likeness (QED) is 0.0139. The molecule has 0 aromatic rings. The zero-order chi connectivity index (χ0) is 40.3. The van der Waals surface area contributed by atoms with Crippen molar-refractivity contribution in [2.24, 2.45) is 5.73 Å². The molecule has 0 spiro atoms. The van der Waals surface area contributed by atoms with E-state index in [-0.39, 0.29) is 32.6 Å².